The van der Waals surface area contributed by atoms with Gasteiger partial charge in [-0.1, -0.05) is 42.5 Å². The molecule has 5 heteroatoms. The van der Waals surface area contributed by atoms with Gasteiger partial charge in [-0.05, 0) is 35.4 Å². The number of amides is 1. The maximum absolute atomic E-state index is 12.7. The molecule has 4 aromatic rings. The second kappa shape index (κ2) is 7.14. The van der Waals surface area contributed by atoms with Crippen LogP contribution in [0.3, 0.4) is 0 Å². The van der Waals surface area contributed by atoms with Gasteiger partial charge >= 0.3 is 0 Å². The van der Waals surface area contributed by atoms with Crippen LogP contribution in [-0.2, 0) is 4.79 Å². The number of fused-ring (bicyclic) bond motifs is 1. The Balaban J connectivity index is 1.68. The normalized spacial score (nSPS) is 12.2. The number of aryl methyl sites for hydroxylation is 1. The van der Waals surface area contributed by atoms with Crippen molar-refractivity contribution in [3.8, 4) is 0 Å². The Hall–Kier alpha value is -2.92. The molecule has 0 spiro atoms. The molecule has 0 aliphatic heterocycles. The number of hydrogen-bond acceptors (Lipinski definition) is 3. The average Bonchev–Trinajstić information content (AvgIpc) is 3.31. The molecule has 0 aliphatic carbocycles. The summed E-state index contributed by atoms with van der Waals surface area (Å²) in [7, 11) is 0. The molecule has 0 saturated carbocycles. The lowest BCUT2D eigenvalue weighted by atomic mass is 9.96. The number of aromatic nitrogens is 2. The van der Waals surface area contributed by atoms with E-state index in [1.54, 1.807) is 6.20 Å². The summed E-state index contributed by atoms with van der Waals surface area (Å²) in [5.41, 5.74) is 1.14. The number of anilines is 1. The molecule has 130 valence electrons. The van der Waals surface area contributed by atoms with E-state index in [0.717, 1.165) is 10.4 Å². The minimum Gasteiger partial charge on any atom is -0.346 e. The van der Waals surface area contributed by atoms with E-state index in [0.29, 0.717) is 11.6 Å². The fraction of sp³-hybridized carbons (Fsp3) is 0.143. The van der Waals surface area contributed by atoms with Crippen molar-refractivity contribution in [3.05, 3.63) is 83.6 Å². The van der Waals surface area contributed by atoms with E-state index in [9.17, 15) is 4.79 Å². The van der Waals surface area contributed by atoms with Crippen LogP contribution in [0.5, 0.6) is 0 Å². The first-order chi connectivity index (χ1) is 12.7. The number of nitrogens with one attached hydrogen (secondary N) is 1. The van der Waals surface area contributed by atoms with Crippen molar-refractivity contribution < 1.29 is 4.79 Å². The lowest BCUT2D eigenvalue weighted by Crippen LogP contribution is -2.19. The predicted octanol–water partition coefficient (Wildman–Crippen LogP) is 5.02. The molecule has 0 bridgehead atoms. The van der Waals surface area contributed by atoms with Gasteiger partial charge in [0.25, 0.3) is 0 Å². The number of nitrogens with zero attached hydrogens (tertiary/aromatic N) is 2. The third-order valence-corrected chi connectivity index (χ3v) is 5.24. The molecule has 26 heavy (non-hydrogen) atoms. The van der Waals surface area contributed by atoms with E-state index in [1.807, 2.05) is 43.6 Å². The Labute approximate surface area is 156 Å². The number of rotatable bonds is 5. The van der Waals surface area contributed by atoms with E-state index >= 15 is 0 Å². The molecule has 2 heterocycles. The zero-order valence-corrected chi connectivity index (χ0v) is 15.2. The van der Waals surface area contributed by atoms with Gasteiger partial charge in [0.2, 0.25) is 5.91 Å². The van der Waals surface area contributed by atoms with Crippen molar-refractivity contribution >= 4 is 33.1 Å². The molecule has 1 atom stereocenters. The van der Waals surface area contributed by atoms with E-state index in [-0.39, 0.29) is 11.9 Å². The Morgan fingerprint density at radius 1 is 1.12 bits per heavy atom. The van der Waals surface area contributed by atoms with Crippen LogP contribution in [0.4, 0.5) is 5.13 Å². The molecule has 0 aliphatic rings. The molecule has 4 rings (SSSR count). The molecule has 1 amide bonds. The molecule has 2 aromatic carbocycles. The Bertz CT molecular complexity index is 1030. The standard InChI is InChI=1S/C21H19N3OS/c1-15-14-22-21(26-15)23-20(25)13-19(24-11-4-5-12-24)18-10-6-8-16-7-2-3-9-17(16)18/h2-12,14,19H,13H2,1H3,(H,22,23,25)/t19-/m1/s1. The summed E-state index contributed by atoms with van der Waals surface area (Å²) >= 11 is 1.49. The van der Waals surface area contributed by atoms with Crippen molar-refractivity contribution in [2.75, 3.05) is 5.32 Å². The van der Waals surface area contributed by atoms with Gasteiger partial charge < -0.3 is 9.88 Å². The van der Waals surface area contributed by atoms with Crippen LogP contribution in [0.15, 0.2) is 73.2 Å². The highest BCUT2D eigenvalue weighted by molar-refractivity contribution is 7.15. The number of carbonyl (C=O) groups is 1. The summed E-state index contributed by atoms with van der Waals surface area (Å²) in [6.45, 7) is 1.98. The second-order valence-corrected chi connectivity index (χ2v) is 7.48. The van der Waals surface area contributed by atoms with Gasteiger partial charge in [-0.3, -0.25) is 4.79 Å². The smallest absolute Gasteiger partial charge is 0.228 e. The van der Waals surface area contributed by atoms with Crippen molar-refractivity contribution in [1.82, 2.24) is 9.55 Å². The minimum atomic E-state index is -0.0721. The zero-order chi connectivity index (χ0) is 17.9. The highest BCUT2D eigenvalue weighted by atomic mass is 32.1. The van der Waals surface area contributed by atoms with Crippen LogP contribution in [-0.4, -0.2) is 15.5 Å². The van der Waals surface area contributed by atoms with Gasteiger partial charge in [0, 0.05) is 23.5 Å². The lowest BCUT2D eigenvalue weighted by Gasteiger charge is -2.21. The quantitative estimate of drug-likeness (QED) is 0.542. The van der Waals surface area contributed by atoms with Crippen LogP contribution in [0.25, 0.3) is 10.8 Å². The second-order valence-electron chi connectivity index (χ2n) is 6.24. The van der Waals surface area contributed by atoms with Crippen molar-refractivity contribution in [2.45, 2.75) is 19.4 Å². The number of carbonyl (C=O) groups excluding carboxylic acids is 1. The van der Waals surface area contributed by atoms with E-state index < -0.39 is 0 Å². The number of benzene rings is 2. The Morgan fingerprint density at radius 2 is 1.88 bits per heavy atom. The van der Waals surface area contributed by atoms with Gasteiger partial charge in [-0.15, -0.1) is 11.3 Å². The zero-order valence-electron chi connectivity index (χ0n) is 14.4. The Kier molecular flexibility index (Phi) is 4.54. The predicted molar refractivity (Wildman–Crippen MR) is 107 cm³/mol. The van der Waals surface area contributed by atoms with Gasteiger partial charge in [0.1, 0.15) is 0 Å². The summed E-state index contributed by atoms with van der Waals surface area (Å²) in [6.07, 6.45) is 6.14. The highest BCUT2D eigenvalue weighted by Crippen LogP contribution is 2.30. The van der Waals surface area contributed by atoms with Crippen molar-refractivity contribution in [3.63, 3.8) is 0 Å². The molecule has 1 N–H and O–H groups in total. The topological polar surface area (TPSA) is 46.9 Å². The number of thiazole rings is 1. The van der Waals surface area contributed by atoms with Gasteiger partial charge in [0.05, 0.1) is 12.5 Å². The molecular weight excluding hydrogens is 342 g/mol. The maximum Gasteiger partial charge on any atom is 0.228 e. The SMILES string of the molecule is Cc1cnc(NC(=O)C[C@H](c2cccc3ccccc23)n2cccc2)s1. The molecule has 0 unspecified atom stereocenters. The summed E-state index contributed by atoms with van der Waals surface area (Å²) in [5, 5.41) is 5.93. The molecular formula is C21H19N3OS. The largest absolute Gasteiger partial charge is 0.346 e. The molecule has 4 nitrogen and oxygen atoms in total. The van der Waals surface area contributed by atoms with Crippen LogP contribution in [0.2, 0.25) is 0 Å². The number of hydrogen-bond donors (Lipinski definition) is 1. The summed E-state index contributed by atoms with van der Waals surface area (Å²) < 4.78 is 2.09. The van der Waals surface area contributed by atoms with Crippen LogP contribution >= 0.6 is 11.3 Å². The third-order valence-electron chi connectivity index (χ3n) is 4.42. The molecule has 0 radical (unpaired) electrons. The minimum absolute atomic E-state index is 0.0361. The summed E-state index contributed by atoms with van der Waals surface area (Å²) in [6, 6.07) is 18.4. The first kappa shape index (κ1) is 16.5. The van der Waals surface area contributed by atoms with Gasteiger partial charge in [-0.2, -0.15) is 0 Å². The van der Waals surface area contributed by atoms with E-state index in [4.69, 9.17) is 0 Å². The summed E-state index contributed by atoms with van der Waals surface area (Å²) in [5.74, 6) is -0.0361. The first-order valence-electron chi connectivity index (χ1n) is 8.53. The van der Waals surface area contributed by atoms with Crippen molar-refractivity contribution in [1.29, 1.82) is 0 Å². The Morgan fingerprint density at radius 3 is 2.65 bits per heavy atom. The molecule has 0 fully saturated rings. The first-order valence-corrected chi connectivity index (χ1v) is 9.35. The highest BCUT2D eigenvalue weighted by Gasteiger charge is 2.20. The summed E-state index contributed by atoms with van der Waals surface area (Å²) in [4.78, 5) is 18.0. The third kappa shape index (κ3) is 3.39. The van der Waals surface area contributed by atoms with Crippen molar-refractivity contribution in [2.24, 2.45) is 0 Å². The molecule has 2 aromatic heterocycles. The van der Waals surface area contributed by atoms with Gasteiger partial charge in [-0.25, -0.2) is 4.98 Å². The monoisotopic (exact) mass is 361 g/mol. The fourth-order valence-electron chi connectivity index (χ4n) is 3.23. The molecule has 0 saturated heterocycles. The van der Waals surface area contributed by atoms with E-state index in [1.165, 1.54) is 22.1 Å². The van der Waals surface area contributed by atoms with E-state index in [2.05, 4.69) is 45.2 Å². The van der Waals surface area contributed by atoms with Crippen LogP contribution in [0, 0.1) is 6.92 Å². The lowest BCUT2D eigenvalue weighted by molar-refractivity contribution is -0.116. The van der Waals surface area contributed by atoms with Crippen LogP contribution in [0.1, 0.15) is 22.9 Å². The maximum atomic E-state index is 12.7. The van der Waals surface area contributed by atoms with Crippen LogP contribution < -0.4 is 5.32 Å². The fourth-order valence-corrected chi connectivity index (χ4v) is 3.91. The van der Waals surface area contributed by atoms with Gasteiger partial charge in [0.15, 0.2) is 5.13 Å². The average molecular weight is 361 g/mol.